The molecule has 0 saturated carbocycles. The monoisotopic (exact) mass is 1310 g/mol. The molecule has 0 spiro atoms. The molecule has 6 rings (SSSR count). The molecule has 2 nitrogen and oxygen atoms in total. The van der Waals surface area contributed by atoms with Gasteiger partial charge in [-0.05, 0) is 131 Å². The van der Waals surface area contributed by atoms with Crippen molar-refractivity contribution in [2.45, 2.75) is 193 Å². The maximum absolute atomic E-state index is 12.5. The van der Waals surface area contributed by atoms with Gasteiger partial charge in [-0.2, -0.15) is 39.5 Å². The van der Waals surface area contributed by atoms with Crippen molar-refractivity contribution in [3.8, 4) is 11.1 Å². The Kier molecular flexibility index (Phi) is 44.3. The first-order chi connectivity index (χ1) is 39.6. The van der Waals surface area contributed by atoms with Crippen molar-refractivity contribution in [2.24, 2.45) is 16.2 Å². The summed E-state index contributed by atoms with van der Waals surface area (Å²) in [5.74, 6) is 0.167. The average Bonchev–Trinajstić information content (AvgIpc) is 2.54. The molecule has 0 unspecified atom stereocenters. The highest BCUT2D eigenvalue weighted by atomic mass is 31.2. The third-order valence-electron chi connectivity index (χ3n) is 10.1. The molecule has 6 aromatic carbocycles. The van der Waals surface area contributed by atoms with Crippen molar-refractivity contribution in [3.05, 3.63) is 204 Å². The Labute approximate surface area is 539 Å². The van der Waals surface area contributed by atoms with Crippen LogP contribution in [0.15, 0.2) is 182 Å². The lowest BCUT2D eigenvalue weighted by Crippen LogP contribution is -2.44. The molecule has 0 aromatic heterocycles. The van der Waals surface area contributed by atoms with Crippen molar-refractivity contribution in [1.29, 1.82) is 0 Å². The molecule has 0 aliphatic heterocycles. The molecular formula is C75H117F9O2P2Si. The van der Waals surface area contributed by atoms with Crippen LogP contribution in [0.5, 0.6) is 0 Å². The van der Waals surface area contributed by atoms with Gasteiger partial charge in [0.25, 0.3) is 0 Å². The van der Waals surface area contributed by atoms with Crippen molar-refractivity contribution >= 4 is 28.9 Å². The number of ketones is 1. The normalized spacial score (nSPS) is 11.7. The zero-order chi connectivity index (χ0) is 71.3. The van der Waals surface area contributed by atoms with Crippen LogP contribution in [0.2, 0.25) is 26.2 Å². The van der Waals surface area contributed by atoms with Crippen molar-refractivity contribution in [2.75, 3.05) is 40.0 Å². The third kappa shape index (κ3) is 56.9. The van der Waals surface area contributed by atoms with E-state index in [0.29, 0.717) is 29.7 Å². The zero-order valence-electron chi connectivity index (χ0n) is 59.9. The summed E-state index contributed by atoms with van der Waals surface area (Å²) < 4.78 is 117. The molecule has 89 heavy (non-hydrogen) atoms. The second kappa shape index (κ2) is 42.4. The molecule has 0 radical (unpaired) electrons. The van der Waals surface area contributed by atoms with E-state index in [0.717, 1.165) is 0 Å². The van der Waals surface area contributed by atoms with E-state index in [1.807, 2.05) is 12.1 Å². The second-order valence-electron chi connectivity index (χ2n) is 30.0. The summed E-state index contributed by atoms with van der Waals surface area (Å²) in [5, 5.41) is 0. The maximum atomic E-state index is 12.5. The Morgan fingerprint density at radius 3 is 0.652 bits per heavy atom. The first-order valence-corrected chi connectivity index (χ1v) is 39.5. The van der Waals surface area contributed by atoms with Crippen LogP contribution < -0.4 is 0 Å². The number of hydrogen-bond donors (Lipinski definition) is 0. The molecule has 0 atom stereocenters. The van der Waals surface area contributed by atoms with Crippen LogP contribution in [-0.2, 0) is 25.6 Å². The van der Waals surface area contributed by atoms with Gasteiger partial charge in [-0.1, -0.05) is 298 Å². The van der Waals surface area contributed by atoms with E-state index >= 15 is 0 Å². The van der Waals surface area contributed by atoms with Gasteiger partial charge in [0, 0.05) is 13.5 Å². The van der Waals surface area contributed by atoms with Crippen LogP contribution in [-0.4, -0.2) is 72.4 Å². The molecule has 6 aromatic rings. The quantitative estimate of drug-likeness (QED) is 0.100. The first kappa shape index (κ1) is 93.0. The molecule has 0 fully saturated rings. The van der Waals surface area contributed by atoms with Gasteiger partial charge in [0.2, 0.25) is 0 Å². The summed E-state index contributed by atoms with van der Waals surface area (Å²) in [4.78, 5) is 9.44. The van der Waals surface area contributed by atoms with Gasteiger partial charge in [-0.15, -0.1) is 7.92 Å². The average molecular weight is 1310 g/mol. The van der Waals surface area contributed by atoms with Crippen molar-refractivity contribution in [1.82, 2.24) is 0 Å². The van der Waals surface area contributed by atoms with E-state index in [1.54, 1.807) is 38.2 Å². The number of rotatable bonds is 4. The molecular weight excluding hydrogens is 1190 g/mol. The Balaban J connectivity index is -0.000000300. The summed E-state index contributed by atoms with van der Waals surface area (Å²) in [5.41, 5.74) is 2.94. The highest BCUT2D eigenvalue weighted by Gasteiger charge is 2.64. The second-order valence-corrected chi connectivity index (χ2v) is 42.4. The smallest absolute Gasteiger partial charge is 0.324 e. The minimum Gasteiger partial charge on any atom is -0.324 e. The molecule has 506 valence electrons. The van der Waals surface area contributed by atoms with Crippen LogP contribution in [0.4, 0.5) is 39.5 Å². The molecule has 0 aliphatic carbocycles. The summed E-state index contributed by atoms with van der Waals surface area (Å²) in [6.45, 7) is 55.6. The number of carbonyl (C=O) groups excluding carboxylic acids is 1. The highest BCUT2D eigenvalue weighted by Crippen LogP contribution is 2.49. The summed E-state index contributed by atoms with van der Waals surface area (Å²) in [6.07, 6.45) is -14.7. The minimum atomic E-state index is -5.24. The number of carbonyl (C=O) groups is 1. The predicted octanol–water partition coefficient (Wildman–Crippen LogP) is 26.3. The van der Waals surface area contributed by atoms with Crippen LogP contribution in [0.1, 0.15) is 154 Å². The molecule has 0 heterocycles. The lowest BCUT2D eigenvalue weighted by atomic mass is 9.78. The zero-order valence-corrected chi connectivity index (χ0v) is 62.7. The first-order valence-electron chi connectivity index (χ1n) is 29.7. The van der Waals surface area contributed by atoms with E-state index < -0.39 is 44.6 Å². The van der Waals surface area contributed by atoms with Crippen LogP contribution >= 0.6 is 15.1 Å². The van der Waals surface area contributed by atoms with Gasteiger partial charge >= 0.3 is 18.5 Å². The Morgan fingerprint density at radius 1 is 0.360 bits per heavy atom. The lowest BCUT2D eigenvalue weighted by Gasteiger charge is -2.29. The van der Waals surface area contributed by atoms with Gasteiger partial charge < -0.3 is 9.36 Å². The summed E-state index contributed by atoms with van der Waals surface area (Å²) in [6, 6.07) is 60.5. The van der Waals surface area contributed by atoms with E-state index in [-0.39, 0.29) is 25.0 Å². The number of hydrogen-bond acceptors (Lipinski definition) is 2. The van der Waals surface area contributed by atoms with Crippen molar-refractivity contribution in [3.63, 3.8) is 0 Å². The molecule has 0 saturated heterocycles. The van der Waals surface area contributed by atoms with E-state index in [2.05, 4.69) is 276 Å². The van der Waals surface area contributed by atoms with Crippen LogP contribution in [0.3, 0.4) is 0 Å². The molecule has 0 N–H and O–H groups in total. The predicted molar refractivity (Wildman–Crippen MR) is 379 cm³/mol. The van der Waals surface area contributed by atoms with Gasteiger partial charge in [0.1, 0.15) is 5.78 Å². The topological polar surface area (TPSA) is 34.1 Å². The highest BCUT2D eigenvalue weighted by molar-refractivity contribution is 7.61. The SMILES string of the molecule is CC(C)(C(F)(F)F)C(F)(F)F.CC(C)(C)C.CC(C)(C)C.CC(C)(C)c1ccccc1.CC(C)(c1ccccc1)C(F)(F)F.CC(C)(c1ccccc1)c1ccccc1.CC(C)=O.CP(C)(C)=O.CP(C)C.C[Si](C)(C)C.c1ccc(-c2ccccc2)cc1. The Hall–Kier alpha value is -4.76. The van der Waals surface area contributed by atoms with E-state index in [9.17, 15) is 48.9 Å². The van der Waals surface area contributed by atoms with Gasteiger partial charge in [-0.25, -0.2) is 0 Å². The van der Waals surface area contributed by atoms with E-state index in [1.165, 1.54) is 67.6 Å². The fourth-order valence-electron chi connectivity index (χ4n) is 5.25. The molecule has 14 heteroatoms. The Morgan fingerprint density at radius 2 is 0.517 bits per heavy atom. The lowest BCUT2D eigenvalue weighted by molar-refractivity contribution is -0.327. The summed E-state index contributed by atoms with van der Waals surface area (Å²) in [7, 11) is -1.87. The Bertz CT molecular complexity index is 2560. The van der Waals surface area contributed by atoms with Gasteiger partial charge in [0.15, 0.2) is 5.41 Å². The third-order valence-corrected chi connectivity index (χ3v) is 10.1. The number of Topliss-reactive ketones (excluding diaryl/α,β-unsaturated/α-hetero) is 1. The van der Waals surface area contributed by atoms with Gasteiger partial charge in [0.05, 0.1) is 12.6 Å². The number of halogens is 9. The summed E-state index contributed by atoms with van der Waals surface area (Å²) >= 11 is 0. The standard InChI is InChI=1S/C15H16.C12H10.C10H11F3.C10H14.C5H6F6.2C5H12.C4H12Si.C3H9OP.C3H6O.C3H9P/c1-15(2,13-9-5-3-6-10-13)14-11-7-4-8-12-14;1-3-7-11(8-4-1)12-9-5-2-6-10-12;1-9(2,10(11,12)13)8-6-4-3-5-7-8;1-10(2,3)9-7-5-4-6-8-9;1-3(2,4(6,7)8)5(9,10)11;4*1-5(2,3)4;1-3(2)4;1-4(2)3/h3-12H,1-2H3;1-10H;3-7H,1-2H3;4-8H,1-3H3;1-2H3;3*1-4H3;1-3H3;1-2H3;1-3H3. The number of benzene rings is 6. The fraction of sp³-hybridized carbons (Fsp3) is 0.507. The van der Waals surface area contributed by atoms with Crippen LogP contribution in [0, 0.1) is 16.2 Å². The maximum Gasteiger partial charge on any atom is 0.402 e. The number of alkyl halides is 9. The minimum absolute atomic E-state index is 0.0858. The largest absolute Gasteiger partial charge is 0.402 e. The molecule has 0 amide bonds. The van der Waals surface area contributed by atoms with Gasteiger partial charge in [-0.3, -0.25) is 0 Å². The van der Waals surface area contributed by atoms with Crippen LogP contribution in [0.25, 0.3) is 11.1 Å². The molecule has 0 aliphatic rings. The van der Waals surface area contributed by atoms with E-state index in [4.69, 9.17) is 0 Å². The van der Waals surface area contributed by atoms with Crippen molar-refractivity contribution < 1.29 is 48.9 Å². The molecule has 0 bridgehead atoms. The fourth-order valence-corrected chi connectivity index (χ4v) is 5.25.